The summed E-state index contributed by atoms with van der Waals surface area (Å²) in [6.07, 6.45) is 3.35. The van der Waals surface area contributed by atoms with E-state index < -0.39 is 0 Å². The van der Waals surface area contributed by atoms with Crippen molar-refractivity contribution in [2.75, 3.05) is 17.2 Å². The number of para-hydroxylation sites is 1. The Morgan fingerprint density at radius 1 is 1.33 bits per heavy atom. The average molecular weight is 304 g/mol. The quantitative estimate of drug-likeness (QED) is 0.855. The number of pyridine rings is 1. The highest BCUT2D eigenvalue weighted by Crippen LogP contribution is 2.22. The number of nitrogen functional groups attached to an aromatic ring is 1. The van der Waals surface area contributed by atoms with Crippen LogP contribution in [0.1, 0.15) is 30.1 Å². The predicted molar refractivity (Wildman–Crippen MR) is 86.7 cm³/mol. The number of aromatic nitrogens is 1. The maximum atomic E-state index is 12.8. The molecule has 0 fully saturated rings. The summed E-state index contributed by atoms with van der Waals surface area (Å²) in [4.78, 5) is 18.4. The first-order valence-corrected chi connectivity index (χ1v) is 7.29. The maximum Gasteiger partial charge on any atom is 0.261 e. The molecule has 0 saturated carbocycles. The van der Waals surface area contributed by atoms with Crippen LogP contribution >= 0.6 is 11.6 Å². The molecule has 21 heavy (non-hydrogen) atoms. The Morgan fingerprint density at radius 3 is 2.71 bits per heavy atom. The third-order valence-electron chi connectivity index (χ3n) is 3.14. The zero-order valence-electron chi connectivity index (χ0n) is 11.9. The van der Waals surface area contributed by atoms with Crippen LogP contribution in [0.2, 0.25) is 5.15 Å². The van der Waals surface area contributed by atoms with E-state index in [1.165, 1.54) is 6.20 Å². The van der Waals surface area contributed by atoms with Gasteiger partial charge in [-0.05, 0) is 24.6 Å². The number of hydrogen-bond acceptors (Lipinski definition) is 3. The van der Waals surface area contributed by atoms with Crippen molar-refractivity contribution < 1.29 is 4.79 Å². The summed E-state index contributed by atoms with van der Waals surface area (Å²) in [5.41, 5.74) is 7.31. The van der Waals surface area contributed by atoms with E-state index in [1.807, 2.05) is 30.3 Å². The van der Waals surface area contributed by atoms with Crippen molar-refractivity contribution in [2.24, 2.45) is 0 Å². The number of benzene rings is 1. The first kappa shape index (κ1) is 15.3. The van der Waals surface area contributed by atoms with Gasteiger partial charge < -0.3 is 10.6 Å². The van der Waals surface area contributed by atoms with Crippen LogP contribution in [-0.2, 0) is 0 Å². The fourth-order valence-corrected chi connectivity index (χ4v) is 2.22. The van der Waals surface area contributed by atoms with Crippen LogP contribution in [0.3, 0.4) is 0 Å². The van der Waals surface area contributed by atoms with Crippen molar-refractivity contribution in [3.8, 4) is 0 Å². The molecule has 0 aliphatic carbocycles. The molecule has 2 rings (SSSR count). The zero-order chi connectivity index (χ0) is 15.2. The van der Waals surface area contributed by atoms with Crippen molar-refractivity contribution in [1.29, 1.82) is 0 Å². The Balaban J connectivity index is 2.36. The molecular formula is C16H18ClN3O. The SMILES string of the molecule is CCCCN(C(=O)c1cc(N)cnc1Cl)c1ccccc1. The second-order valence-electron chi connectivity index (χ2n) is 4.75. The van der Waals surface area contributed by atoms with Gasteiger partial charge in [-0.15, -0.1) is 0 Å². The van der Waals surface area contributed by atoms with Crippen molar-refractivity contribution in [3.63, 3.8) is 0 Å². The second kappa shape index (κ2) is 7.09. The molecule has 5 heteroatoms. The lowest BCUT2D eigenvalue weighted by Gasteiger charge is -2.23. The molecule has 1 aromatic carbocycles. The number of halogens is 1. The highest BCUT2D eigenvalue weighted by molar-refractivity contribution is 6.33. The first-order chi connectivity index (χ1) is 10.1. The molecule has 110 valence electrons. The number of nitrogens with two attached hydrogens (primary N) is 1. The minimum atomic E-state index is -0.181. The van der Waals surface area contributed by atoms with Crippen molar-refractivity contribution in [2.45, 2.75) is 19.8 Å². The molecule has 1 heterocycles. The number of hydrogen-bond donors (Lipinski definition) is 1. The van der Waals surface area contributed by atoms with Gasteiger partial charge in [0.1, 0.15) is 5.15 Å². The highest BCUT2D eigenvalue weighted by Gasteiger charge is 2.20. The Labute approximate surface area is 129 Å². The molecular weight excluding hydrogens is 286 g/mol. The third kappa shape index (κ3) is 3.73. The van der Waals surface area contributed by atoms with Gasteiger partial charge in [0.15, 0.2) is 0 Å². The van der Waals surface area contributed by atoms with Crippen LogP contribution in [0.15, 0.2) is 42.6 Å². The van der Waals surface area contributed by atoms with E-state index in [1.54, 1.807) is 11.0 Å². The van der Waals surface area contributed by atoms with Crippen LogP contribution in [0, 0.1) is 0 Å². The zero-order valence-corrected chi connectivity index (χ0v) is 12.7. The van der Waals surface area contributed by atoms with Crippen LogP contribution < -0.4 is 10.6 Å². The Bertz CT molecular complexity index is 616. The van der Waals surface area contributed by atoms with Crippen molar-refractivity contribution in [1.82, 2.24) is 4.98 Å². The molecule has 0 spiro atoms. The number of unbranched alkanes of at least 4 members (excludes halogenated alkanes) is 1. The van der Waals surface area contributed by atoms with Gasteiger partial charge in [0.2, 0.25) is 0 Å². The number of rotatable bonds is 5. The summed E-state index contributed by atoms with van der Waals surface area (Å²) >= 11 is 6.04. The largest absolute Gasteiger partial charge is 0.397 e. The van der Waals surface area contributed by atoms with Gasteiger partial charge in [-0.3, -0.25) is 4.79 Å². The van der Waals surface area contributed by atoms with Gasteiger partial charge in [-0.1, -0.05) is 43.1 Å². The lowest BCUT2D eigenvalue weighted by molar-refractivity contribution is 0.0986. The Morgan fingerprint density at radius 2 is 2.05 bits per heavy atom. The number of carbonyl (C=O) groups is 1. The molecule has 2 aromatic rings. The van der Waals surface area contributed by atoms with E-state index in [2.05, 4.69) is 11.9 Å². The lowest BCUT2D eigenvalue weighted by Crippen LogP contribution is -2.32. The van der Waals surface area contributed by atoms with Crippen LogP contribution in [-0.4, -0.2) is 17.4 Å². The van der Waals surface area contributed by atoms with Gasteiger partial charge in [0.25, 0.3) is 5.91 Å². The molecule has 1 aromatic heterocycles. The number of carbonyl (C=O) groups excluding carboxylic acids is 1. The summed E-state index contributed by atoms with van der Waals surface area (Å²) in [7, 11) is 0. The molecule has 0 aliphatic rings. The summed E-state index contributed by atoms with van der Waals surface area (Å²) in [5.74, 6) is -0.181. The Kier molecular flexibility index (Phi) is 5.17. The van der Waals surface area contributed by atoms with E-state index in [4.69, 9.17) is 17.3 Å². The van der Waals surface area contributed by atoms with Gasteiger partial charge in [0.05, 0.1) is 17.4 Å². The number of nitrogens with zero attached hydrogens (tertiary/aromatic N) is 2. The topological polar surface area (TPSA) is 59.2 Å². The summed E-state index contributed by atoms with van der Waals surface area (Å²) in [6, 6.07) is 11.1. The minimum Gasteiger partial charge on any atom is -0.397 e. The summed E-state index contributed by atoms with van der Waals surface area (Å²) < 4.78 is 0. The molecule has 0 bridgehead atoms. The number of amides is 1. The normalized spacial score (nSPS) is 10.4. The predicted octanol–water partition coefficient (Wildman–Crippen LogP) is 3.76. The van der Waals surface area contributed by atoms with Crippen LogP contribution in [0.4, 0.5) is 11.4 Å². The molecule has 4 nitrogen and oxygen atoms in total. The monoisotopic (exact) mass is 303 g/mol. The molecule has 0 unspecified atom stereocenters. The van der Waals surface area contributed by atoms with Gasteiger partial charge in [0, 0.05) is 12.2 Å². The molecule has 0 saturated heterocycles. The maximum absolute atomic E-state index is 12.8. The second-order valence-corrected chi connectivity index (χ2v) is 5.11. The van der Waals surface area contributed by atoms with Crippen molar-refractivity contribution >= 4 is 28.9 Å². The standard InChI is InChI=1S/C16H18ClN3O/c1-2-3-9-20(13-7-5-4-6-8-13)16(21)14-10-12(18)11-19-15(14)17/h4-8,10-11H,2-3,9,18H2,1H3. The molecule has 0 atom stereocenters. The van der Waals surface area contributed by atoms with E-state index in [0.29, 0.717) is 17.8 Å². The fraction of sp³-hybridized carbons (Fsp3) is 0.250. The molecule has 0 radical (unpaired) electrons. The van der Waals surface area contributed by atoms with Crippen molar-refractivity contribution in [3.05, 3.63) is 53.3 Å². The first-order valence-electron chi connectivity index (χ1n) is 6.91. The van der Waals surface area contributed by atoms with E-state index in [0.717, 1.165) is 18.5 Å². The average Bonchev–Trinajstić information content (AvgIpc) is 2.51. The number of anilines is 2. The van der Waals surface area contributed by atoms with E-state index >= 15 is 0 Å². The fourth-order valence-electron chi connectivity index (χ4n) is 2.03. The van der Waals surface area contributed by atoms with E-state index in [9.17, 15) is 4.79 Å². The van der Waals surface area contributed by atoms with Crippen LogP contribution in [0.25, 0.3) is 0 Å². The van der Waals surface area contributed by atoms with E-state index in [-0.39, 0.29) is 11.1 Å². The summed E-state index contributed by atoms with van der Waals surface area (Å²) in [6.45, 7) is 2.72. The summed E-state index contributed by atoms with van der Waals surface area (Å²) in [5, 5.41) is 0.173. The molecule has 2 N–H and O–H groups in total. The highest BCUT2D eigenvalue weighted by atomic mass is 35.5. The van der Waals surface area contributed by atoms with Gasteiger partial charge in [-0.25, -0.2) is 4.98 Å². The Hall–Kier alpha value is -2.07. The third-order valence-corrected chi connectivity index (χ3v) is 3.44. The molecule has 0 aliphatic heterocycles. The smallest absolute Gasteiger partial charge is 0.261 e. The minimum absolute atomic E-state index is 0.173. The van der Waals surface area contributed by atoms with Gasteiger partial charge >= 0.3 is 0 Å². The van der Waals surface area contributed by atoms with Gasteiger partial charge in [-0.2, -0.15) is 0 Å². The van der Waals surface area contributed by atoms with Crippen LogP contribution in [0.5, 0.6) is 0 Å². The molecule has 1 amide bonds. The lowest BCUT2D eigenvalue weighted by atomic mass is 10.2.